The third-order valence-electron chi connectivity index (χ3n) is 7.02. The number of anilines is 2. The van der Waals surface area contributed by atoms with Crippen molar-refractivity contribution in [2.24, 2.45) is 11.7 Å². The van der Waals surface area contributed by atoms with Crippen LogP contribution in [0.5, 0.6) is 5.75 Å². The SMILES string of the molecule is Cc1csc(N2CCC(C(C)Oc3cnc(N4CC(N)C(c5cc(F)ccc5F)C4)nc3)CC2)n1. The second-order valence-corrected chi connectivity index (χ2v) is 10.3. The summed E-state index contributed by atoms with van der Waals surface area (Å²) in [5, 5.41) is 3.19. The van der Waals surface area contributed by atoms with Crippen molar-refractivity contribution in [2.45, 2.75) is 44.8 Å². The third-order valence-corrected chi connectivity index (χ3v) is 8.04. The maximum Gasteiger partial charge on any atom is 0.225 e. The average molecular weight is 501 g/mol. The van der Waals surface area contributed by atoms with Crippen molar-refractivity contribution in [1.29, 1.82) is 0 Å². The van der Waals surface area contributed by atoms with Crippen molar-refractivity contribution in [3.8, 4) is 5.75 Å². The fraction of sp³-hybridized carbons (Fsp3) is 0.480. The number of nitrogens with two attached hydrogens (primary N) is 1. The lowest BCUT2D eigenvalue weighted by Gasteiger charge is -2.34. The van der Waals surface area contributed by atoms with E-state index in [-0.39, 0.29) is 18.1 Å². The van der Waals surface area contributed by atoms with Gasteiger partial charge < -0.3 is 20.3 Å². The predicted octanol–water partition coefficient (Wildman–Crippen LogP) is 4.13. The summed E-state index contributed by atoms with van der Waals surface area (Å²) in [5.74, 6) is 0.333. The van der Waals surface area contributed by atoms with E-state index in [1.54, 1.807) is 23.7 Å². The Morgan fingerprint density at radius 2 is 1.86 bits per heavy atom. The Bertz CT molecular complexity index is 1150. The molecule has 5 rings (SSSR count). The summed E-state index contributed by atoms with van der Waals surface area (Å²) >= 11 is 1.70. The quantitative estimate of drug-likeness (QED) is 0.545. The van der Waals surface area contributed by atoms with Gasteiger partial charge >= 0.3 is 0 Å². The molecule has 0 amide bonds. The molecule has 2 saturated heterocycles. The normalized spacial score (nSPS) is 22.0. The molecule has 3 unspecified atom stereocenters. The zero-order valence-electron chi connectivity index (χ0n) is 19.9. The number of halogens is 2. The number of nitrogens with zero attached hydrogens (tertiary/aromatic N) is 5. The largest absolute Gasteiger partial charge is 0.487 e. The predicted molar refractivity (Wildman–Crippen MR) is 133 cm³/mol. The molecule has 4 heterocycles. The van der Waals surface area contributed by atoms with E-state index in [0.29, 0.717) is 36.3 Å². The molecular formula is C25H30F2N6OS. The summed E-state index contributed by atoms with van der Waals surface area (Å²) in [6.07, 6.45) is 5.48. The zero-order chi connectivity index (χ0) is 24.5. The van der Waals surface area contributed by atoms with Gasteiger partial charge in [0.15, 0.2) is 10.9 Å². The van der Waals surface area contributed by atoms with Crippen molar-refractivity contribution >= 4 is 22.4 Å². The van der Waals surface area contributed by atoms with E-state index < -0.39 is 11.6 Å². The molecule has 3 atom stereocenters. The monoisotopic (exact) mass is 500 g/mol. The fourth-order valence-corrected chi connectivity index (χ4v) is 5.87. The number of rotatable bonds is 6. The van der Waals surface area contributed by atoms with E-state index in [9.17, 15) is 8.78 Å². The van der Waals surface area contributed by atoms with Crippen molar-refractivity contribution in [3.05, 3.63) is 58.9 Å². The molecular weight excluding hydrogens is 470 g/mol. The summed E-state index contributed by atoms with van der Waals surface area (Å²) in [5.41, 5.74) is 7.63. The van der Waals surface area contributed by atoms with Crippen LogP contribution in [0.2, 0.25) is 0 Å². The molecule has 186 valence electrons. The number of thiazole rings is 1. The molecule has 2 aliphatic rings. The lowest BCUT2D eigenvalue weighted by atomic mass is 9.92. The lowest BCUT2D eigenvalue weighted by molar-refractivity contribution is 0.132. The Morgan fingerprint density at radius 3 is 2.54 bits per heavy atom. The second-order valence-electron chi connectivity index (χ2n) is 9.48. The first kappa shape index (κ1) is 23.9. The Balaban J connectivity index is 1.16. The number of hydrogen-bond donors (Lipinski definition) is 1. The summed E-state index contributed by atoms with van der Waals surface area (Å²) in [6, 6.07) is 3.15. The summed E-state index contributed by atoms with van der Waals surface area (Å²) in [7, 11) is 0. The first-order valence-electron chi connectivity index (χ1n) is 12.0. The lowest BCUT2D eigenvalue weighted by Crippen LogP contribution is -2.38. The van der Waals surface area contributed by atoms with Crippen LogP contribution in [-0.4, -0.2) is 53.3 Å². The van der Waals surface area contributed by atoms with Crippen LogP contribution < -0.4 is 20.3 Å². The Hall–Kier alpha value is -2.85. The van der Waals surface area contributed by atoms with Crippen molar-refractivity contribution < 1.29 is 13.5 Å². The first-order chi connectivity index (χ1) is 16.9. The van der Waals surface area contributed by atoms with Gasteiger partial charge in [0.1, 0.15) is 11.6 Å². The highest BCUT2D eigenvalue weighted by molar-refractivity contribution is 7.13. The topological polar surface area (TPSA) is 80.4 Å². The van der Waals surface area contributed by atoms with Gasteiger partial charge in [0, 0.05) is 43.5 Å². The van der Waals surface area contributed by atoms with Crippen LogP contribution in [0.4, 0.5) is 19.9 Å². The molecule has 0 aliphatic carbocycles. The van der Waals surface area contributed by atoms with E-state index in [2.05, 4.69) is 32.2 Å². The van der Waals surface area contributed by atoms with Gasteiger partial charge in [-0.2, -0.15) is 0 Å². The molecule has 0 bridgehead atoms. The van der Waals surface area contributed by atoms with Crippen LogP contribution >= 0.6 is 11.3 Å². The first-order valence-corrected chi connectivity index (χ1v) is 12.9. The number of benzene rings is 1. The van der Waals surface area contributed by atoms with Gasteiger partial charge in [-0.25, -0.2) is 23.7 Å². The van der Waals surface area contributed by atoms with Crippen LogP contribution in [0.15, 0.2) is 36.0 Å². The summed E-state index contributed by atoms with van der Waals surface area (Å²) in [4.78, 5) is 17.8. The highest BCUT2D eigenvalue weighted by atomic mass is 32.1. The molecule has 0 saturated carbocycles. The highest BCUT2D eigenvalue weighted by Crippen LogP contribution is 2.32. The molecule has 2 fully saturated rings. The van der Waals surface area contributed by atoms with E-state index in [1.165, 1.54) is 6.07 Å². The smallest absolute Gasteiger partial charge is 0.225 e. The molecule has 0 spiro atoms. The Labute approximate surface area is 208 Å². The molecule has 10 heteroatoms. The maximum atomic E-state index is 14.3. The van der Waals surface area contributed by atoms with Gasteiger partial charge in [0.05, 0.1) is 24.2 Å². The number of piperidine rings is 1. The molecule has 35 heavy (non-hydrogen) atoms. The second kappa shape index (κ2) is 10.0. The third kappa shape index (κ3) is 5.23. The van der Waals surface area contributed by atoms with E-state index >= 15 is 0 Å². The Morgan fingerprint density at radius 1 is 1.11 bits per heavy atom. The van der Waals surface area contributed by atoms with Crippen LogP contribution in [0.25, 0.3) is 0 Å². The molecule has 7 nitrogen and oxygen atoms in total. The number of aryl methyl sites for hydroxylation is 1. The van der Waals surface area contributed by atoms with Gasteiger partial charge in [0.25, 0.3) is 0 Å². The van der Waals surface area contributed by atoms with Crippen LogP contribution in [-0.2, 0) is 0 Å². The van der Waals surface area contributed by atoms with Crippen molar-refractivity contribution in [2.75, 3.05) is 36.0 Å². The van der Waals surface area contributed by atoms with E-state index in [4.69, 9.17) is 10.5 Å². The van der Waals surface area contributed by atoms with Crippen LogP contribution in [0.3, 0.4) is 0 Å². The molecule has 1 aromatic carbocycles. The minimum absolute atomic E-state index is 0.0465. The van der Waals surface area contributed by atoms with Crippen molar-refractivity contribution in [3.63, 3.8) is 0 Å². The van der Waals surface area contributed by atoms with E-state index in [0.717, 1.165) is 48.9 Å². The van der Waals surface area contributed by atoms with Gasteiger partial charge in [-0.05, 0) is 56.4 Å². The van der Waals surface area contributed by atoms with E-state index in [1.807, 2.05) is 11.8 Å². The molecule has 2 aromatic heterocycles. The average Bonchev–Trinajstić information content (AvgIpc) is 3.47. The highest BCUT2D eigenvalue weighted by Gasteiger charge is 2.34. The van der Waals surface area contributed by atoms with Crippen LogP contribution in [0, 0.1) is 24.5 Å². The number of ether oxygens (including phenoxy) is 1. The maximum absolute atomic E-state index is 14.3. The van der Waals surface area contributed by atoms with Gasteiger partial charge in [-0.15, -0.1) is 11.3 Å². The molecule has 0 radical (unpaired) electrons. The molecule has 3 aromatic rings. The van der Waals surface area contributed by atoms with Crippen LogP contribution in [0.1, 0.15) is 36.9 Å². The number of hydrogen-bond acceptors (Lipinski definition) is 8. The van der Waals surface area contributed by atoms with Gasteiger partial charge in [-0.1, -0.05) is 0 Å². The fourth-order valence-electron chi connectivity index (χ4n) is 5.01. The minimum Gasteiger partial charge on any atom is -0.487 e. The Kier molecular flexibility index (Phi) is 6.84. The zero-order valence-corrected chi connectivity index (χ0v) is 20.7. The minimum atomic E-state index is -0.470. The molecule has 2 aliphatic heterocycles. The standard InChI is InChI=1S/C25H30F2N6OS/c1-15-14-35-25(31-15)32-7-5-17(6-8-32)16(2)34-19-10-29-24(30-11-19)33-12-21(23(28)13-33)20-9-18(26)3-4-22(20)27/h3-4,9-11,14,16-17,21,23H,5-8,12-13,28H2,1-2H3. The summed E-state index contributed by atoms with van der Waals surface area (Å²) < 4.78 is 34.1. The van der Waals surface area contributed by atoms with Gasteiger partial charge in [-0.3, -0.25) is 0 Å². The van der Waals surface area contributed by atoms with Gasteiger partial charge in [0.2, 0.25) is 5.95 Å². The number of aromatic nitrogens is 3. The molecule has 2 N–H and O–H groups in total. The van der Waals surface area contributed by atoms with Crippen molar-refractivity contribution in [1.82, 2.24) is 15.0 Å². The summed E-state index contributed by atoms with van der Waals surface area (Å²) in [6.45, 7) is 6.96.